The molecule has 0 saturated heterocycles. The number of rotatable bonds is 4. The molecule has 0 fully saturated rings. The minimum absolute atomic E-state index is 0.0830. The lowest BCUT2D eigenvalue weighted by Gasteiger charge is -2.05. The Bertz CT molecular complexity index is 620. The van der Waals surface area contributed by atoms with E-state index in [4.69, 9.17) is 4.84 Å². The normalized spacial score (nSPS) is 11.8. The number of hydrogen-bond acceptors (Lipinski definition) is 2. The molecule has 0 spiro atoms. The summed E-state index contributed by atoms with van der Waals surface area (Å²) in [5.41, 5.74) is -0.0904. The van der Waals surface area contributed by atoms with Crippen molar-refractivity contribution in [3.05, 3.63) is 71.0 Å². The standard InChI is InChI=1S/C15H10F4NO/c16-14-4-2-1-3-12(14)10-21-20-9-11-5-7-13(8-6-11)15(17,18)19/h1-8H,10H2. The molecule has 109 valence electrons. The molecule has 0 N–H and O–H groups in total. The van der Waals surface area contributed by atoms with Crippen LogP contribution in [0, 0.1) is 5.82 Å². The average molecular weight is 296 g/mol. The van der Waals surface area contributed by atoms with Gasteiger partial charge in [0.2, 0.25) is 0 Å². The number of nitrogens with zero attached hydrogens (tertiary/aromatic N) is 1. The second kappa shape index (κ2) is 6.39. The highest BCUT2D eigenvalue weighted by Crippen LogP contribution is 2.28. The van der Waals surface area contributed by atoms with Gasteiger partial charge in [-0.3, -0.25) is 0 Å². The molecule has 6 heteroatoms. The first-order chi connectivity index (χ1) is 9.97. The van der Waals surface area contributed by atoms with Gasteiger partial charge in [0.1, 0.15) is 18.6 Å². The molecule has 0 saturated carbocycles. The summed E-state index contributed by atoms with van der Waals surface area (Å²) in [6, 6.07) is 10.3. The first-order valence-corrected chi connectivity index (χ1v) is 5.95. The van der Waals surface area contributed by atoms with Crippen LogP contribution in [0.1, 0.15) is 16.7 Å². The third-order valence-corrected chi connectivity index (χ3v) is 2.63. The third-order valence-electron chi connectivity index (χ3n) is 2.63. The highest BCUT2D eigenvalue weighted by Gasteiger charge is 2.29. The van der Waals surface area contributed by atoms with Crippen LogP contribution in [-0.4, -0.2) is 6.21 Å². The van der Waals surface area contributed by atoms with Crippen molar-refractivity contribution in [1.82, 2.24) is 0 Å². The van der Waals surface area contributed by atoms with Gasteiger partial charge in [0.25, 0.3) is 0 Å². The molecule has 2 aromatic rings. The van der Waals surface area contributed by atoms with E-state index in [9.17, 15) is 17.6 Å². The lowest BCUT2D eigenvalue weighted by atomic mass is 10.1. The minimum atomic E-state index is -4.38. The van der Waals surface area contributed by atoms with Crippen molar-refractivity contribution in [3.8, 4) is 0 Å². The Morgan fingerprint density at radius 1 is 1.00 bits per heavy atom. The lowest BCUT2D eigenvalue weighted by Crippen LogP contribution is -2.04. The SMILES string of the molecule is Fc1ccccc1CO/N=[C]\c1ccc(C(F)(F)F)cc1. The predicted octanol–water partition coefficient (Wildman–Crippen LogP) is 4.27. The molecule has 0 aliphatic heterocycles. The van der Waals surface area contributed by atoms with E-state index in [2.05, 4.69) is 11.4 Å². The molecule has 0 aliphatic rings. The van der Waals surface area contributed by atoms with Crippen molar-refractivity contribution in [2.24, 2.45) is 5.16 Å². The Morgan fingerprint density at radius 3 is 2.29 bits per heavy atom. The van der Waals surface area contributed by atoms with Crippen LogP contribution in [0.15, 0.2) is 53.7 Å². The molecular formula is C15H10F4NO. The zero-order valence-electron chi connectivity index (χ0n) is 10.7. The maximum absolute atomic E-state index is 13.2. The molecule has 2 nitrogen and oxygen atoms in total. The fourth-order valence-electron chi connectivity index (χ4n) is 1.54. The second-order valence-corrected chi connectivity index (χ2v) is 4.14. The van der Waals surface area contributed by atoms with Gasteiger partial charge in [-0.2, -0.15) is 13.2 Å². The Balaban J connectivity index is 1.92. The van der Waals surface area contributed by atoms with Gasteiger partial charge in [0, 0.05) is 11.1 Å². The maximum atomic E-state index is 13.2. The van der Waals surface area contributed by atoms with Crippen molar-refractivity contribution in [2.45, 2.75) is 12.8 Å². The van der Waals surface area contributed by atoms with Gasteiger partial charge in [-0.25, -0.2) is 4.39 Å². The van der Waals surface area contributed by atoms with Crippen LogP contribution in [0.25, 0.3) is 0 Å². The van der Waals surface area contributed by atoms with Gasteiger partial charge >= 0.3 is 6.18 Å². The van der Waals surface area contributed by atoms with Crippen LogP contribution in [0.2, 0.25) is 0 Å². The summed E-state index contributed by atoms with van der Waals surface area (Å²) in [6.07, 6.45) is -1.95. The summed E-state index contributed by atoms with van der Waals surface area (Å²) in [6.45, 7) is -0.0830. The molecule has 1 radical (unpaired) electrons. The van der Waals surface area contributed by atoms with E-state index in [0.29, 0.717) is 11.1 Å². The largest absolute Gasteiger partial charge is 0.416 e. The van der Waals surface area contributed by atoms with Crippen LogP contribution in [-0.2, 0) is 17.6 Å². The highest BCUT2D eigenvalue weighted by atomic mass is 19.4. The van der Waals surface area contributed by atoms with Crippen LogP contribution < -0.4 is 0 Å². The number of hydrogen-bond donors (Lipinski definition) is 0. The van der Waals surface area contributed by atoms with Crippen LogP contribution in [0.3, 0.4) is 0 Å². The molecule has 2 rings (SSSR count). The average Bonchev–Trinajstić information content (AvgIpc) is 2.45. The lowest BCUT2D eigenvalue weighted by molar-refractivity contribution is -0.137. The monoisotopic (exact) mass is 296 g/mol. The van der Waals surface area contributed by atoms with E-state index in [0.717, 1.165) is 12.1 Å². The maximum Gasteiger partial charge on any atom is 0.416 e. The molecule has 0 atom stereocenters. The summed E-state index contributed by atoms with van der Waals surface area (Å²) in [7, 11) is 0. The van der Waals surface area contributed by atoms with Gasteiger partial charge < -0.3 is 4.84 Å². The molecule has 21 heavy (non-hydrogen) atoms. The third kappa shape index (κ3) is 4.30. The fraction of sp³-hybridized carbons (Fsp3) is 0.133. The fourth-order valence-corrected chi connectivity index (χ4v) is 1.54. The van der Waals surface area contributed by atoms with Crippen molar-refractivity contribution in [2.75, 3.05) is 0 Å². The molecule has 0 amide bonds. The van der Waals surface area contributed by atoms with Crippen LogP contribution in [0.4, 0.5) is 17.6 Å². The van der Waals surface area contributed by atoms with Crippen molar-refractivity contribution in [3.63, 3.8) is 0 Å². The Hall–Kier alpha value is -2.37. The Kier molecular flexibility index (Phi) is 4.57. The van der Waals surface area contributed by atoms with E-state index < -0.39 is 17.6 Å². The molecular weight excluding hydrogens is 286 g/mol. The predicted molar refractivity (Wildman–Crippen MR) is 69.2 cm³/mol. The number of benzene rings is 2. The van der Waals surface area contributed by atoms with Gasteiger partial charge in [-0.05, 0) is 18.2 Å². The van der Waals surface area contributed by atoms with E-state index in [-0.39, 0.29) is 6.61 Å². The molecule has 0 heterocycles. The smallest absolute Gasteiger partial charge is 0.390 e. The Morgan fingerprint density at radius 2 is 1.67 bits per heavy atom. The summed E-state index contributed by atoms with van der Waals surface area (Å²) in [5, 5.41) is 3.47. The minimum Gasteiger partial charge on any atom is -0.390 e. The summed E-state index contributed by atoms with van der Waals surface area (Å²) in [4.78, 5) is 4.85. The molecule has 0 aliphatic carbocycles. The van der Waals surface area contributed by atoms with Crippen molar-refractivity contribution < 1.29 is 22.4 Å². The second-order valence-electron chi connectivity index (χ2n) is 4.14. The van der Waals surface area contributed by atoms with E-state index in [1.807, 2.05) is 0 Å². The summed E-state index contributed by atoms with van der Waals surface area (Å²) in [5.74, 6) is -0.415. The Labute approximate surface area is 118 Å². The van der Waals surface area contributed by atoms with E-state index in [1.54, 1.807) is 18.2 Å². The van der Waals surface area contributed by atoms with Gasteiger partial charge in [0.15, 0.2) is 0 Å². The first-order valence-electron chi connectivity index (χ1n) is 5.95. The quantitative estimate of drug-likeness (QED) is 0.469. The van der Waals surface area contributed by atoms with Gasteiger partial charge in [0.05, 0.1) is 5.56 Å². The molecule has 2 aromatic carbocycles. The number of halogens is 4. The van der Waals surface area contributed by atoms with Crippen LogP contribution >= 0.6 is 0 Å². The molecule has 0 bridgehead atoms. The zero-order chi connectivity index (χ0) is 15.3. The molecule has 0 aromatic heterocycles. The summed E-state index contributed by atoms with van der Waals surface area (Å²) >= 11 is 0. The zero-order valence-corrected chi connectivity index (χ0v) is 10.7. The highest BCUT2D eigenvalue weighted by molar-refractivity contribution is 5.79. The van der Waals surface area contributed by atoms with Crippen molar-refractivity contribution in [1.29, 1.82) is 0 Å². The first kappa shape index (κ1) is 15.0. The van der Waals surface area contributed by atoms with Gasteiger partial charge in [-0.1, -0.05) is 35.5 Å². The van der Waals surface area contributed by atoms with Crippen LogP contribution in [0.5, 0.6) is 0 Å². The van der Waals surface area contributed by atoms with Crippen molar-refractivity contribution >= 4 is 6.21 Å². The summed E-state index contributed by atoms with van der Waals surface area (Å²) < 4.78 is 50.3. The molecule has 0 unspecified atom stereocenters. The van der Waals surface area contributed by atoms with Gasteiger partial charge in [-0.15, -0.1) is 0 Å². The van der Waals surface area contributed by atoms with E-state index in [1.165, 1.54) is 18.2 Å². The number of alkyl halides is 3. The van der Waals surface area contributed by atoms with E-state index >= 15 is 0 Å². The topological polar surface area (TPSA) is 21.6 Å².